The number of rotatable bonds is 4. The van der Waals surface area contributed by atoms with Crippen LogP contribution in [0.1, 0.15) is 33.8 Å². The van der Waals surface area contributed by atoms with Gasteiger partial charge in [0.05, 0.1) is 6.04 Å². The van der Waals surface area contributed by atoms with E-state index in [-0.39, 0.29) is 51.0 Å². The Morgan fingerprint density at radius 2 is 1.40 bits per heavy atom. The topological polar surface area (TPSA) is 234 Å². The van der Waals surface area contributed by atoms with Gasteiger partial charge in [-0.05, 0) is 36.0 Å². The number of primary amides is 2. The minimum Gasteiger partial charge on any atom is -0.364 e. The highest BCUT2D eigenvalue weighted by atomic mass is 35.5. The van der Waals surface area contributed by atoms with Crippen molar-refractivity contribution in [1.29, 1.82) is 0 Å². The second-order valence-electron chi connectivity index (χ2n) is 6.94. The third-order valence-electron chi connectivity index (χ3n) is 4.33. The molecule has 2 aliphatic rings. The number of halogens is 3. The van der Waals surface area contributed by atoms with Crippen molar-refractivity contribution in [2.75, 3.05) is 18.4 Å². The Balaban J connectivity index is 0.000000205. The zero-order valence-electron chi connectivity index (χ0n) is 17.9. The van der Waals surface area contributed by atoms with Crippen LogP contribution in [0, 0.1) is 0 Å². The Morgan fingerprint density at radius 1 is 0.857 bits per heavy atom. The lowest BCUT2D eigenvalue weighted by molar-refractivity contribution is -0.120. The average Bonchev–Trinajstić information content (AvgIpc) is 3.35. The smallest absolute Gasteiger partial charge is 0.267 e. The van der Waals surface area contributed by atoms with E-state index in [1.54, 1.807) is 0 Å². The van der Waals surface area contributed by atoms with E-state index in [4.69, 9.17) is 52.0 Å². The Kier molecular flexibility index (Phi) is 10.3. The predicted octanol–water partition coefficient (Wildman–Crippen LogP) is -0.755. The monoisotopic (exact) mass is 546 g/mol. The third kappa shape index (κ3) is 9.09. The molecule has 0 unspecified atom stereocenters. The quantitative estimate of drug-likeness (QED) is 0.207. The van der Waals surface area contributed by atoms with E-state index in [2.05, 4.69) is 35.9 Å². The molecule has 0 aliphatic carbocycles. The maximum Gasteiger partial charge on any atom is 0.267 e. The molecule has 14 nitrogen and oxygen atoms in total. The number of hydrogen-bond donors (Lipinski definition) is 6. The molecule has 0 saturated carbocycles. The van der Waals surface area contributed by atoms with Crippen LogP contribution in [-0.4, -0.2) is 68.7 Å². The van der Waals surface area contributed by atoms with Gasteiger partial charge in [-0.3, -0.25) is 19.2 Å². The van der Waals surface area contributed by atoms with E-state index in [1.165, 1.54) is 12.1 Å². The normalized spacial score (nSPS) is 18.3. The SMILES string of the molecule is NC(=O)c1cc(Cl)nc(Cl)n1.NC(=O)c1cc(N[C@H]2CCNC2=O)nc(Cl)n1.N[C@H]1CCNC1=O. The zero-order valence-corrected chi connectivity index (χ0v) is 20.2. The zero-order chi connectivity index (χ0) is 26.1. The maximum atomic E-state index is 11.3. The minimum atomic E-state index is -0.701. The first-order chi connectivity index (χ1) is 16.5. The van der Waals surface area contributed by atoms with E-state index in [0.29, 0.717) is 18.8 Å². The average molecular weight is 548 g/mol. The van der Waals surface area contributed by atoms with Gasteiger partial charge in [-0.25, -0.2) is 19.9 Å². The van der Waals surface area contributed by atoms with E-state index >= 15 is 0 Å². The molecule has 188 valence electrons. The minimum absolute atomic E-state index is 0.00547. The second-order valence-corrected chi connectivity index (χ2v) is 8.01. The van der Waals surface area contributed by atoms with Crippen molar-refractivity contribution in [3.63, 3.8) is 0 Å². The predicted molar refractivity (Wildman–Crippen MR) is 127 cm³/mol. The summed E-state index contributed by atoms with van der Waals surface area (Å²) in [4.78, 5) is 57.8. The molecule has 0 radical (unpaired) electrons. The molecule has 0 bridgehead atoms. The van der Waals surface area contributed by atoms with Crippen LogP contribution in [0.4, 0.5) is 5.82 Å². The number of aromatic nitrogens is 4. The summed E-state index contributed by atoms with van der Waals surface area (Å²) in [6.45, 7) is 1.36. The van der Waals surface area contributed by atoms with Crippen molar-refractivity contribution in [2.45, 2.75) is 24.9 Å². The van der Waals surface area contributed by atoms with Crippen LogP contribution in [0.15, 0.2) is 12.1 Å². The number of carbonyl (C=O) groups excluding carboxylic acids is 4. The Labute approximate surface area is 213 Å². The number of anilines is 1. The van der Waals surface area contributed by atoms with Crippen LogP contribution in [0.5, 0.6) is 0 Å². The molecule has 9 N–H and O–H groups in total. The fourth-order valence-corrected chi connectivity index (χ4v) is 3.25. The molecule has 2 fully saturated rings. The lowest BCUT2D eigenvalue weighted by Crippen LogP contribution is -2.30. The molecule has 17 heteroatoms. The van der Waals surface area contributed by atoms with Crippen LogP contribution < -0.4 is 33.2 Å². The molecular weight excluding hydrogens is 527 g/mol. The summed E-state index contributed by atoms with van der Waals surface area (Å²) >= 11 is 16.5. The number of amides is 4. The van der Waals surface area contributed by atoms with Gasteiger partial charge in [-0.2, -0.15) is 0 Å². The molecule has 2 aromatic rings. The fraction of sp³-hybridized carbons (Fsp3) is 0.333. The van der Waals surface area contributed by atoms with Crippen molar-refractivity contribution < 1.29 is 19.2 Å². The number of nitrogens with zero attached hydrogens (tertiary/aromatic N) is 4. The van der Waals surface area contributed by atoms with Gasteiger partial charge in [0.2, 0.25) is 22.4 Å². The Morgan fingerprint density at radius 3 is 1.83 bits per heavy atom. The first-order valence-electron chi connectivity index (χ1n) is 9.88. The van der Waals surface area contributed by atoms with E-state index in [0.717, 1.165) is 13.0 Å². The van der Waals surface area contributed by atoms with E-state index in [9.17, 15) is 19.2 Å². The van der Waals surface area contributed by atoms with Gasteiger partial charge >= 0.3 is 0 Å². The van der Waals surface area contributed by atoms with Crippen molar-refractivity contribution >= 4 is 64.2 Å². The van der Waals surface area contributed by atoms with Gasteiger partial charge in [0.1, 0.15) is 28.4 Å². The van der Waals surface area contributed by atoms with Gasteiger partial charge < -0.3 is 33.2 Å². The Hall–Kier alpha value is -3.33. The van der Waals surface area contributed by atoms with E-state index in [1.807, 2.05) is 0 Å². The third-order valence-corrected chi connectivity index (χ3v) is 4.87. The van der Waals surface area contributed by atoms with Crippen LogP contribution in [-0.2, 0) is 9.59 Å². The highest BCUT2D eigenvalue weighted by Crippen LogP contribution is 2.14. The largest absolute Gasteiger partial charge is 0.364 e. The first-order valence-corrected chi connectivity index (χ1v) is 11.0. The lowest BCUT2D eigenvalue weighted by atomic mass is 10.2. The van der Waals surface area contributed by atoms with Gasteiger partial charge in [0.15, 0.2) is 0 Å². The van der Waals surface area contributed by atoms with Crippen molar-refractivity contribution in [2.24, 2.45) is 17.2 Å². The van der Waals surface area contributed by atoms with Gasteiger partial charge in [0, 0.05) is 25.2 Å². The molecule has 2 saturated heterocycles. The van der Waals surface area contributed by atoms with E-state index < -0.39 is 11.8 Å². The van der Waals surface area contributed by atoms with Crippen LogP contribution >= 0.6 is 34.8 Å². The van der Waals surface area contributed by atoms with Crippen molar-refractivity contribution in [3.8, 4) is 0 Å². The summed E-state index contributed by atoms with van der Waals surface area (Å²) < 4.78 is 0. The summed E-state index contributed by atoms with van der Waals surface area (Å²) in [5, 5.41) is 8.06. The van der Waals surface area contributed by atoms with Crippen LogP contribution in [0.25, 0.3) is 0 Å². The highest BCUT2D eigenvalue weighted by Gasteiger charge is 2.24. The first kappa shape index (κ1) is 27.9. The number of carbonyl (C=O) groups is 4. The molecular formula is C18H21Cl3N10O4. The molecule has 2 aliphatic heterocycles. The summed E-state index contributed by atoms with van der Waals surface area (Å²) in [6.07, 6.45) is 1.44. The van der Waals surface area contributed by atoms with Gasteiger partial charge in [-0.1, -0.05) is 11.6 Å². The summed E-state index contributed by atoms with van der Waals surface area (Å²) in [6, 6.07) is 2.00. The molecule has 4 rings (SSSR count). The van der Waals surface area contributed by atoms with Gasteiger partial charge in [0.25, 0.3) is 11.8 Å². The van der Waals surface area contributed by atoms with Crippen LogP contribution in [0.3, 0.4) is 0 Å². The summed E-state index contributed by atoms with van der Waals surface area (Å²) in [5.41, 5.74) is 15.3. The fourth-order valence-electron chi connectivity index (χ4n) is 2.66. The molecule has 4 amide bonds. The molecule has 4 heterocycles. The van der Waals surface area contributed by atoms with Crippen molar-refractivity contribution in [1.82, 2.24) is 30.6 Å². The summed E-state index contributed by atoms with van der Waals surface area (Å²) in [5.74, 6) is -1.20. The molecule has 35 heavy (non-hydrogen) atoms. The number of hydrogen-bond acceptors (Lipinski definition) is 10. The van der Waals surface area contributed by atoms with Gasteiger partial charge in [-0.15, -0.1) is 0 Å². The van der Waals surface area contributed by atoms with Crippen molar-refractivity contribution in [3.05, 3.63) is 39.2 Å². The molecule has 0 spiro atoms. The Bertz CT molecular complexity index is 1100. The molecule has 2 aromatic heterocycles. The number of nitrogens with two attached hydrogens (primary N) is 3. The standard InChI is InChI=1S/C9H10ClN5O2.C5H3Cl2N3O.C4H8N2O/c10-9-14-5(7(11)16)3-6(15-9)13-4-1-2-12-8(4)17;6-3-1-2(4(8)11)9-5(7)10-3;5-3-1-2-6-4(3)7/h3-4H,1-2H2,(H2,11,16)(H,12,17)(H,13,14,15);1H,(H2,8,11);3H,1-2,5H2,(H,6,7)/t4-;;3-/m0.0/s1. The summed E-state index contributed by atoms with van der Waals surface area (Å²) in [7, 11) is 0. The molecule has 2 atom stereocenters. The van der Waals surface area contributed by atoms with Crippen LogP contribution in [0.2, 0.25) is 15.7 Å². The lowest BCUT2D eigenvalue weighted by Gasteiger charge is -2.10. The number of nitrogens with one attached hydrogen (secondary N) is 3. The molecule has 0 aromatic carbocycles. The second kappa shape index (κ2) is 12.9. The highest BCUT2D eigenvalue weighted by molar-refractivity contribution is 6.32. The maximum absolute atomic E-state index is 11.3.